The minimum absolute atomic E-state index is 0.0924. The average Bonchev–Trinajstić information content (AvgIpc) is 2.70. The number of nitrogens with one attached hydrogen (secondary N) is 1. The Morgan fingerprint density at radius 3 is 2.30 bits per heavy atom. The molecule has 0 spiro atoms. The first-order valence-corrected chi connectivity index (χ1v) is 5.74. The quantitative estimate of drug-likeness (QED) is 0.907. The second-order valence-corrected chi connectivity index (χ2v) is 4.31. The molecule has 2 amide bonds. The highest BCUT2D eigenvalue weighted by Crippen LogP contribution is 2.30. The molecule has 0 fully saturated rings. The Bertz CT molecular complexity index is 576. The largest absolute Gasteiger partial charge is 0.416 e. The summed E-state index contributed by atoms with van der Waals surface area (Å²) >= 11 is 0. The van der Waals surface area contributed by atoms with E-state index in [1.165, 1.54) is 25.1 Å². The topological polar surface area (TPSA) is 49.4 Å². The van der Waals surface area contributed by atoms with Gasteiger partial charge in [-0.15, -0.1) is 0 Å². The molecule has 0 aliphatic carbocycles. The van der Waals surface area contributed by atoms with Gasteiger partial charge in [-0.2, -0.15) is 13.2 Å². The van der Waals surface area contributed by atoms with Crippen molar-refractivity contribution < 1.29 is 22.8 Å². The van der Waals surface area contributed by atoms with Gasteiger partial charge in [0.2, 0.25) is 5.91 Å². The Kier molecular flexibility index (Phi) is 3.52. The highest BCUT2D eigenvalue weighted by atomic mass is 19.4. The number of halogens is 3. The maximum Gasteiger partial charge on any atom is 0.416 e. The van der Waals surface area contributed by atoms with Gasteiger partial charge in [0, 0.05) is 24.4 Å². The Hall–Kier alpha value is -2.31. The zero-order chi connectivity index (χ0) is 14.9. The smallest absolute Gasteiger partial charge is 0.357 e. The molecule has 0 saturated carbocycles. The van der Waals surface area contributed by atoms with Crippen molar-refractivity contribution in [2.45, 2.75) is 13.1 Å². The van der Waals surface area contributed by atoms with Crippen LogP contribution in [0.4, 0.5) is 18.9 Å². The average molecular weight is 284 g/mol. The minimum atomic E-state index is -4.38. The second-order valence-electron chi connectivity index (χ2n) is 4.31. The van der Waals surface area contributed by atoms with Crippen LogP contribution in [0.5, 0.6) is 0 Å². The van der Waals surface area contributed by atoms with Crippen molar-refractivity contribution in [3.8, 4) is 0 Å². The van der Waals surface area contributed by atoms with E-state index in [4.69, 9.17) is 0 Å². The Labute approximate surface area is 112 Å². The standard InChI is InChI=1S/C13H11F3N2O2/c1-8(19)18-7-11(6-12(18)20)17-10-4-2-9(3-5-10)13(14,15)16/h2-6,17H,7H2,1H3. The molecule has 0 radical (unpaired) electrons. The summed E-state index contributed by atoms with van der Waals surface area (Å²) in [5.74, 6) is -0.817. The fourth-order valence-electron chi connectivity index (χ4n) is 1.79. The van der Waals surface area contributed by atoms with E-state index in [1.807, 2.05) is 0 Å². The molecule has 1 N–H and O–H groups in total. The SMILES string of the molecule is CC(=O)N1CC(Nc2ccc(C(F)(F)F)cc2)=CC1=O. The first-order valence-electron chi connectivity index (χ1n) is 5.74. The van der Waals surface area contributed by atoms with Gasteiger partial charge in [0.05, 0.1) is 12.1 Å². The summed E-state index contributed by atoms with van der Waals surface area (Å²) in [7, 11) is 0. The van der Waals surface area contributed by atoms with E-state index in [-0.39, 0.29) is 12.5 Å². The van der Waals surface area contributed by atoms with Gasteiger partial charge in [-0.1, -0.05) is 0 Å². The summed E-state index contributed by atoms with van der Waals surface area (Å²) in [6, 6.07) is 4.43. The maximum absolute atomic E-state index is 12.4. The Morgan fingerprint density at radius 2 is 1.85 bits per heavy atom. The van der Waals surface area contributed by atoms with Gasteiger partial charge in [-0.05, 0) is 24.3 Å². The number of benzene rings is 1. The van der Waals surface area contributed by atoms with Crippen LogP contribution in [0.2, 0.25) is 0 Å². The van der Waals surface area contributed by atoms with Gasteiger partial charge in [-0.3, -0.25) is 14.5 Å². The highest BCUT2D eigenvalue weighted by molar-refractivity contribution is 6.03. The van der Waals surface area contributed by atoms with Crippen molar-refractivity contribution in [3.05, 3.63) is 41.6 Å². The van der Waals surface area contributed by atoms with Crippen LogP contribution >= 0.6 is 0 Å². The van der Waals surface area contributed by atoms with Crippen LogP contribution in [0.15, 0.2) is 36.0 Å². The lowest BCUT2D eigenvalue weighted by Gasteiger charge is -2.13. The number of rotatable bonds is 2. The van der Waals surface area contributed by atoms with Crippen molar-refractivity contribution in [1.29, 1.82) is 0 Å². The van der Waals surface area contributed by atoms with Gasteiger partial charge in [0.1, 0.15) is 0 Å². The van der Waals surface area contributed by atoms with E-state index in [1.54, 1.807) is 0 Å². The van der Waals surface area contributed by atoms with Gasteiger partial charge < -0.3 is 5.32 Å². The number of hydrogen-bond donors (Lipinski definition) is 1. The summed E-state index contributed by atoms with van der Waals surface area (Å²) in [5, 5.41) is 2.81. The third kappa shape index (κ3) is 2.98. The van der Waals surface area contributed by atoms with E-state index < -0.39 is 17.6 Å². The molecule has 1 aliphatic rings. The molecule has 7 heteroatoms. The van der Waals surface area contributed by atoms with E-state index in [9.17, 15) is 22.8 Å². The first-order chi connectivity index (χ1) is 9.27. The molecular weight excluding hydrogens is 273 g/mol. The number of alkyl halides is 3. The van der Waals surface area contributed by atoms with Gasteiger partial charge >= 0.3 is 6.18 Å². The summed E-state index contributed by atoms with van der Waals surface area (Å²) in [6.07, 6.45) is -3.13. The maximum atomic E-state index is 12.4. The van der Waals surface area contributed by atoms with Crippen molar-refractivity contribution in [1.82, 2.24) is 4.90 Å². The minimum Gasteiger partial charge on any atom is -0.357 e. The molecule has 0 bridgehead atoms. The van der Waals surface area contributed by atoms with Crippen LogP contribution in [0.25, 0.3) is 0 Å². The molecular formula is C13H11F3N2O2. The molecule has 1 heterocycles. The highest BCUT2D eigenvalue weighted by Gasteiger charge is 2.30. The zero-order valence-corrected chi connectivity index (χ0v) is 10.5. The number of imide groups is 1. The molecule has 4 nitrogen and oxygen atoms in total. The molecule has 2 rings (SSSR count). The molecule has 1 aromatic carbocycles. The van der Waals surface area contributed by atoms with Gasteiger partial charge in [-0.25, -0.2) is 0 Å². The molecule has 0 atom stereocenters. The lowest BCUT2D eigenvalue weighted by atomic mass is 10.2. The fraction of sp³-hybridized carbons (Fsp3) is 0.231. The Balaban J connectivity index is 2.07. The predicted molar refractivity (Wildman–Crippen MR) is 65.5 cm³/mol. The molecule has 1 aromatic rings. The zero-order valence-electron chi connectivity index (χ0n) is 10.5. The van der Waals surface area contributed by atoms with Crippen LogP contribution in [-0.2, 0) is 15.8 Å². The molecule has 1 aliphatic heterocycles. The molecule has 0 saturated heterocycles. The predicted octanol–water partition coefficient (Wildman–Crippen LogP) is 2.39. The third-order valence-electron chi connectivity index (χ3n) is 2.79. The van der Waals surface area contributed by atoms with Crippen LogP contribution in [0.3, 0.4) is 0 Å². The van der Waals surface area contributed by atoms with Crippen LogP contribution < -0.4 is 5.32 Å². The Morgan fingerprint density at radius 1 is 1.25 bits per heavy atom. The third-order valence-corrected chi connectivity index (χ3v) is 2.79. The van der Waals surface area contributed by atoms with Crippen molar-refractivity contribution in [2.75, 3.05) is 11.9 Å². The van der Waals surface area contributed by atoms with E-state index in [2.05, 4.69) is 5.32 Å². The summed E-state index contributed by atoms with van der Waals surface area (Å²) in [5.41, 5.74) is 0.136. The van der Waals surface area contributed by atoms with Crippen LogP contribution in [-0.4, -0.2) is 23.3 Å². The fourth-order valence-corrected chi connectivity index (χ4v) is 1.79. The van der Waals surface area contributed by atoms with Crippen molar-refractivity contribution >= 4 is 17.5 Å². The van der Waals surface area contributed by atoms with E-state index >= 15 is 0 Å². The lowest BCUT2D eigenvalue weighted by Crippen LogP contribution is -2.31. The van der Waals surface area contributed by atoms with Crippen LogP contribution in [0.1, 0.15) is 12.5 Å². The van der Waals surface area contributed by atoms with Gasteiger partial charge in [0.15, 0.2) is 0 Å². The van der Waals surface area contributed by atoms with E-state index in [0.717, 1.165) is 17.0 Å². The summed E-state index contributed by atoms with van der Waals surface area (Å²) in [6.45, 7) is 1.36. The number of nitrogens with zero attached hydrogens (tertiary/aromatic N) is 1. The number of hydrogen-bond acceptors (Lipinski definition) is 3. The monoisotopic (exact) mass is 284 g/mol. The number of amides is 2. The summed E-state index contributed by atoms with van der Waals surface area (Å²) in [4.78, 5) is 23.6. The normalized spacial score (nSPS) is 15.3. The van der Waals surface area contributed by atoms with Gasteiger partial charge in [0.25, 0.3) is 5.91 Å². The van der Waals surface area contributed by atoms with Crippen LogP contribution in [0, 0.1) is 0 Å². The molecule has 0 aromatic heterocycles. The number of anilines is 1. The second kappa shape index (κ2) is 4.99. The van der Waals surface area contributed by atoms with Crippen molar-refractivity contribution in [2.24, 2.45) is 0 Å². The summed E-state index contributed by atoms with van der Waals surface area (Å²) < 4.78 is 37.2. The lowest BCUT2D eigenvalue weighted by molar-refractivity contribution is -0.139. The first kappa shape index (κ1) is 14.1. The number of carbonyl (C=O) groups is 2. The molecule has 106 valence electrons. The number of carbonyl (C=O) groups excluding carboxylic acids is 2. The van der Waals surface area contributed by atoms with Crippen molar-refractivity contribution in [3.63, 3.8) is 0 Å². The molecule has 0 unspecified atom stereocenters. The van der Waals surface area contributed by atoms with E-state index in [0.29, 0.717) is 11.4 Å². The molecule has 20 heavy (non-hydrogen) atoms.